The first-order valence-corrected chi connectivity index (χ1v) is 11.5. The number of rotatable bonds is 7. The molecule has 0 aromatic heterocycles. The van der Waals surface area contributed by atoms with Gasteiger partial charge in [-0.15, -0.1) is 6.58 Å². The number of ether oxygens (including phenoxy) is 2. The van der Waals surface area contributed by atoms with E-state index in [1.165, 1.54) is 0 Å². The van der Waals surface area contributed by atoms with E-state index in [0.29, 0.717) is 19.3 Å². The van der Waals surface area contributed by atoms with Crippen LogP contribution in [-0.2, 0) is 19.1 Å². The molecule has 0 aliphatic heterocycles. The second-order valence-electron chi connectivity index (χ2n) is 9.89. The van der Waals surface area contributed by atoms with Crippen molar-refractivity contribution in [1.29, 1.82) is 0 Å². The minimum atomic E-state index is -1.01. The van der Waals surface area contributed by atoms with Gasteiger partial charge in [-0.2, -0.15) is 0 Å². The van der Waals surface area contributed by atoms with E-state index in [0.717, 1.165) is 0 Å². The van der Waals surface area contributed by atoms with E-state index in [1.54, 1.807) is 13.0 Å². The second kappa shape index (κ2) is 9.91. The van der Waals surface area contributed by atoms with Gasteiger partial charge < -0.3 is 25.0 Å². The summed E-state index contributed by atoms with van der Waals surface area (Å²) < 4.78 is 10.6. The van der Waals surface area contributed by atoms with Crippen LogP contribution < -0.4 is 5.32 Å². The third-order valence-corrected chi connectivity index (χ3v) is 8.29. The Morgan fingerprint density at radius 2 is 1.97 bits per heavy atom. The van der Waals surface area contributed by atoms with Gasteiger partial charge in [0.2, 0.25) is 0 Å². The van der Waals surface area contributed by atoms with Crippen molar-refractivity contribution in [2.45, 2.75) is 72.5 Å². The number of Topliss-reactive ketones (excluding diaryl/α,β-unsaturated/α-hetero) is 1. The van der Waals surface area contributed by atoms with E-state index in [4.69, 9.17) is 9.47 Å². The molecule has 8 heteroatoms. The number of hydrogen-bond donors (Lipinski definition) is 3. The van der Waals surface area contributed by atoms with Crippen LogP contribution in [0.5, 0.6) is 0 Å². The van der Waals surface area contributed by atoms with Gasteiger partial charge in [0.1, 0.15) is 18.5 Å². The Morgan fingerprint density at radius 3 is 2.53 bits per heavy atom. The van der Waals surface area contributed by atoms with Crippen LogP contribution in [0, 0.1) is 28.1 Å². The highest BCUT2D eigenvalue weighted by Crippen LogP contribution is 2.59. The maximum Gasteiger partial charge on any atom is 0.407 e. The van der Waals surface area contributed by atoms with Crippen LogP contribution in [0.4, 0.5) is 4.79 Å². The van der Waals surface area contributed by atoms with Crippen molar-refractivity contribution < 1.29 is 34.1 Å². The molecule has 1 amide bonds. The summed E-state index contributed by atoms with van der Waals surface area (Å²) in [6.45, 7) is 12.9. The molecule has 0 spiro atoms. The Balaban J connectivity index is 2.55. The van der Waals surface area contributed by atoms with Crippen LogP contribution in [-0.4, -0.2) is 60.0 Å². The van der Waals surface area contributed by atoms with E-state index < -0.39 is 53.0 Å². The fourth-order valence-corrected chi connectivity index (χ4v) is 5.75. The molecule has 0 radical (unpaired) electrons. The maximum absolute atomic E-state index is 14.2. The van der Waals surface area contributed by atoms with E-state index in [9.17, 15) is 24.6 Å². The lowest BCUT2D eigenvalue weighted by Crippen LogP contribution is -2.64. The lowest BCUT2D eigenvalue weighted by Gasteiger charge is -2.58. The van der Waals surface area contributed by atoms with Crippen LogP contribution in [0.15, 0.2) is 12.7 Å². The molecule has 8 nitrogen and oxygen atoms in total. The average molecular weight is 454 g/mol. The molecule has 0 heterocycles. The molecule has 7 atom stereocenters. The van der Waals surface area contributed by atoms with Crippen LogP contribution in [0.2, 0.25) is 0 Å². The number of aliphatic hydroxyl groups excluding tert-OH is 2. The van der Waals surface area contributed by atoms with E-state index in [1.807, 2.05) is 27.7 Å². The zero-order valence-corrected chi connectivity index (χ0v) is 20.0. The van der Waals surface area contributed by atoms with Crippen molar-refractivity contribution in [2.24, 2.45) is 28.1 Å². The highest BCUT2D eigenvalue weighted by Gasteiger charge is 2.64. The summed E-state index contributed by atoms with van der Waals surface area (Å²) in [5, 5.41) is 23.4. The van der Waals surface area contributed by atoms with Gasteiger partial charge in [0.05, 0.1) is 18.1 Å². The summed E-state index contributed by atoms with van der Waals surface area (Å²) in [7, 11) is 0. The molecule has 2 saturated carbocycles. The van der Waals surface area contributed by atoms with Gasteiger partial charge in [0.15, 0.2) is 0 Å². The number of carbonyl (C=O) groups excluding carboxylic acids is 3. The maximum atomic E-state index is 14.2. The Hall–Kier alpha value is -1.93. The first-order chi connectivity index (χ1) is 14.9. The monoisotopic (exact) mass is 453 g/mol. The van der Waals surface area contributed by atoms with Crippen molar-refractivity contribution in [3.63, 3.8) is 0 Å². The number of amides is 1. The van der Waals surface area contributed by atoms with E-state index in [-0.39, 0.29) is 31.3 Å². The van der Waals surface area contributed by atoms with Crippen molar-refractivity contribution >= 4 is 17.8 Å². The minimum Gasteiger partial charge on any atom is -0.460 e. The van der Waals surface area contributed by atoms with Gasteiger partial charge in [0, 0.05) is 17.4 Å². The summed E-state index contributed by atoms with van der Waals surface area (Å²) in [6.07, 6.45) is 1.19. The topological polar surface area (TPSA) is 122 Å². The van der Waals surface area contributed by atoms with Crippen molar-refractivity contribution in [1.82, 2.24) is 5.32 Å². The number of fused-ring (bicyclic) bond motifs is 2. The van der Waals surface area contributed by atoms with Gasteiger partial charge in [-0.3, -0.25) is 4.79 Å². The molecule has 2 aliphatic rings. The molecule has 0 aromatic carbocycles. The predicted octanol–water partition coefficient (Wildman–Crippen LogP) is 2.61. The lowest BCUT2D eigenvalue weighted by atomic mass is 9.46. The first-order valence-electron chi connectivity index (χ1n) is 11.5. The van der Waals surface area contributed by atoms with Crippen molar-refractivity contribution in [3.8, 4) is 0 Å². The lowest BCUT2D eigenvalue weighted by molar-refractivity contribution is -0.193. The molecule has 2 rings (SSSR count). The zero-order valence-electron chi connectivity index (χ0n) is 20.0. The molecule has 2 fully saturated rings. The standard InChI is InChI=1S/C24H39NO7/c1-7-22(5)13-17(32-18(27)14-26)23(6)15(3)9-10-24(20(23)29,16(4)19(22)28)11-12-25-21(30)31-8-2/h7,15-17,19,26,28H,1,8-14H2,2-6H3,(H,25,30)/t15?,16-,17+,19-,22+,23-,24-/m0/s1. The molecule has 0 aromatic rings. The largest absolute Gasteiger partial charge is 0.460 e. The minimum absolute atomic E-state index is 0.0668. The molecule has 3 N–H and O–H groups in total. The zero-order chi connectivity index (χ0) is 24.3. The summed E-state index contributed by atoms with van der Waals surface area (Å²) >= 11 is 0. The van der Waals surface area contributed by atoms with Gasteiger partial charge in [-0.25, -0.2) is 9.59 Å². The number of hydrogen-bond acceptors (Lipinski definition) is 7. The molecule has 182 valence electrons. The third-order valence-electron chi connectivity index (χ3n) is 8.29. The van der Waals surface area contributed by atoms with Crippen LogP contribution in [0.1, 0.15) is 60.3 Å². The molecule has 32 heavy (non-hydrogen) atoms. The smallest absolute Gasteiger partial charge is 0.407 e. The molecule has 2 aliphatic carbocycles. The molecule has 1 unspecified atom stereocenters. The number of nitrogens with one attached hydrogen (secondary N) is 1. The normalized spacial score (nSPS) is 39.4. The van der Waals surface area contributed by atoms with Gasteiger partial charge in [0.25, 0.3) is 0 Å². The molecular formula is C24H39NO7. The number of esters is 1. The average Bonchev–Trinajstić information content (AvgIpc) is 2.77. The quantitative estimate of drug-likeness (QED) is 0.400. The first kappa shape index (κ1) is 26.3. The second-order valence-corrected chi connectivity index (χ2v) is 9.89. The van der Waals surface area contributed by atoms with Crippen LogP contribution in [0.3, 0.4) is 0 Å². The highest BCUT2D eigenvalue weighted by atomic mass is 16.6. The highest BCUT2D eigenvalue weighted by molar-refractivity contribution is 5.92. The molecule has 0 saturated heterocycles. The summed E-state index contributed by atoms with van der Waals surface area (Å²) in [5.74, 6) is -1.36. The Morgan fingerprint density at radius 1 is 1.31 bits per heavy atom. The molecule has 2 bridgehead atoms. The summed E-state index contributed by atoms with van der Waals surface area (Å²) in [5.41, 5.74) is -2.75. The SMILES string of the molecule is C=C[C@]1(C)C[C@@H](OC(=O)CO)[C@@]2(C)C(=O)[C@](CCNC(=O)OCC)(CCC2C)[C@@H](C)[C@@H]1O. The number of ketones is 1. The number of carbonyl (C=O) groups is 3. The fourth-order valence-electron chi connectivity index (χ4n) is 5.75. The van der Waals surface area contributed by atoms with E-state index >= 15 is 0 Å². The van der Waals surface area contributed by atoms with Gasteiger partial charge in [-0.1, -0.05) is 26.8 Å². The van der Waals surface area contributed by atoms with E-state index in [2.05, 4.69) is 11.9 Å². The Bertz CT molecular complexity index is 740. The van der Waals surface area contributed by atoms with Crippen molar-refractivity contribution in [2.75, 3.05) is 19.8 Å². The van der Waals surface area contributed by atoms with Crippen molar-refractivity contribution in [3.05, 3.63) is 12.7 Å². The Labute approximate surface area is 190 Å². The third kappa shape index (κ3) is 4.44. The van der Waals surface area contributed by atoms with Crippen LogP contribution >= 0.6 is 0 Å². The van der Waals surface area contributed by atoms with Crippen LogP contribution in [0.25, 0.3) is 0 Å². The summed E-state index contributed by atoms with van der Waals surface area (Å²) in [6, 6.07) is 0. The molecular weight excluding hydrogens is 414 g/mol. The fraction of sp³-hybridized carbons (Fsp3) is 0.792. The van der Waals surface area contributed by atoms with Gasteiger partial charge >= 0.3 is 12.1 Å². The summed E-state index contributed by atoms with van der Waals surface area (Å²) in [4.78, 5) is 38.1. The number of aliphatic hydroxyl groups is 2. The predicted molar refractivity (Wildman–Crippen MR) is 119 cm³/mol. The Kier molecular flexibility index (Phi) is 8.15. The van der Waals surface area contributed by atoms with Gasteiger partial charge in [-0.05, 0) is 51.4 Å². The number of alkyl carbamates (subject to hydrolysis) is 1.